The lowest BCUT2D eigenvalue weighted by molar-refractivity contribution is 0.106. The first-order chi connectivity index (χ1) is 9.52. The number of nitrogens with zero attached hydrogens (tertiary/aromatic N) is 1. The molecule has 114 valence electrons. The summed E-state index contributed by atoms with van der Waals surface area (Å²) in [4.78, 5) is 2.20. The molecule has 0 aromatic heterocycles. The third-order valence-electron chi connectivity index (χ3n) is 2.92. The predicted octanol–water partition coefficient (Wildman–Crippen LogP) is 2.27. The second kappa shape index (κ2) is 9.42. The molecule has 1 atom stereocenters. The van der Waals surface area contributed by atoms with E-state index in [9.17, 15) is 5.11 Å². The van der Waals surface area contributed by atoms with Gasteiger partial charge in [0.25, 0.3) is 0 Å². The Morgan fingerprint density at radius 1 is 1.35 bits per heavy atom. The lowest BCUT2D eigenvalue weighted by Gasteiger charge is -2.16. The maximum atomic E-state index is 9.80. The van der Waals surface area contributed by atoms with Crippen molar-refractivity contribution in [3.63, 3.8) is 0 Å². The van der Waals surface area contributed by atoms with Crippen LogP contribution < -0.4 is 10.1 Å². The van der Waals surface area contributed by atoms with E-state index in [0.717, 1.165) is 19.6 Å². The van der Waals surface area contributed by atoms with Gasteiger partial charge in [-0.3, -0.25) is 0 Å². The summed E-state index contributed by atoms with van der Waals surface area (Å²) in [5, 5.41) is 13.9. The predicted molar refractivity (Wildman–Crippen MR) is 84.0 cm³/mol. The molecule has 0 aliphatic carbocycles. The summed E-state index contributed by atoms with van der Waals surface area (Å²) in [5.74, 6) is 0.601. The first kappa shape index (κ1) is 17.5. The van der Waals surface area contributed by atoms with Gasteiger partial charge in [0.2, 0.25) is 0 Å². The van der Waals surface area contributed by atoms with Crippen LogP contribution >= 0.6 is 23.2 Å². The minimum absolute atomic E-state index is 0.217. The van der Waals surface area contributed by atoms with Gasteiger partial charge < -0.3 is 20.1 Å². The average Bonchev–Trinajstić information content (AvgIpc) is 2.44. The molecule has 1 unspecified atom stereocenters. The number of aliphatic hydroxyl groups excluding tert-OH is 1. The van der Waals surface area contributed by atoms with Crippen LogP contribution in [-0.2, 0) is 0 Å². The van der Waals surface area contributed by atoms with Crippen molar-refractivity contribution in [3.05, 3.63) is 28.2 Å². The number of nitrogens with one attached hydrogen (secondary N) is 1. The molecule has 4 nitrogen and oxygen atoms in total. The summed E-state index contributed by atoms with van der Waals surface area (Å²) in [6.07, 6.45) is -0.559. The zero-order valence-corrected chi connectivity index (χ0v) is 13.4. The first-order valence-electron chi connectivity index (χ1n) is 6.68. The maximum Gasteiger partial charge on any atom is 0.121 e. The quantitative estimate of drug-likeness (QED) is 0.685. The van der Waals surface area contributed by atoms with Gasteiger partial charge in [0.1, 0.15) is 18.5 Å². The molecular formula is C14H22Cl2N2O2. The van der Waals surface area contributed by atoms with Gasteiger partial charge in [-0.25, -0.2) is 0 Å². The molecular weight excluding hydrogens is 299 g/mol. The number of aliphatic hydroxyl groups is 1. The first-order valence-corrected chi connectivity index (χ1v) is 7.43. The summed E-state index contributed by atoms with van der Waals surface area (Å²) in [7, 11) is 2.06. The van der Waals surface area contributed by atoms with Crippen LogP contribution in [0.2, 0.25) is 10.0 Å². The smallest absolute Gasteiger partial charge is 0.121 e. The Balaban J connectivity index is 2.19. The minimum atomic E-state index is -0.559. The lowest BCUT2D eigenvalue weighted by atomic mass is 10.3. The molecule has 0 aliphatic heterocycles. The van der Waals surface area contributed by atoms with Crippen LogP contribution in [0.5, 0.6) is 5.75 Å². The van der Waals surface area contributed by atoms with Gasteiger partial charge in [-0.2, -0.15) is 0 Å². The highest BCUT2D eigenvalue weighted by Gasteiger charge is 2.06. The molecule has 0 heterocycles. The molecule has 20 heavy (non-hydrogen) atoms. The second-order valence-corrected chi connectivity index (χ2v) is 5.46. The Bertz CT molecular complexity index is 405. The van der Waals surface area contributed by atoms with Gasteiger partial charge in [-0.1, -0.05) is 30.1 Å². The van der Waals surface area contributed by atoms with E-state index in [1.54, 1.807) is 18.2 Å². The largest absolute Gasteiger partial charge is 0.491 e. The number of halogens is 2. The summed E-state index contributed by atoms with van der Waals surface area (Å²) >= 11 is 11.7. The maximum absolute atomic E-state index is 9.80. The van der Waals surface area contributed by atoms with E-state index in [0.29, 0.717) is 22.3 Å². The number of hydrogen-bond donors (Lipinski definition) is 2. The highest BCUT2D eigenvalue weighted by Crippen LogP contribution is 2.26. The minimum Gasteiger partial charge on any atom is -0.491 e. The van der Waals surface area contributed by atoms with E-state index in [1.807, 2.05) is 0 Å². The zero-order valence-electron chi connectivity index (χ0n) is 11.9. The van der Waals surface area contributed by atoms with Crippen molar-refractivity contribution >= 4 is 23.2 Å². The molecule has 0 amide bonds. The molecule has 0 saturated carbocycles. The average molecular weight is 321 g/mol. The van der Waals surface area contributed by atoms with Crippen molar-refractivity contribution in [2.45, 2.75) is 13.0 Å². The number of ether oxygens (including phenoxy) is 1. The molecule has 6 heteroatoms. The Morgan fingerprint density at radius 3 is 2.75 bits per heavy atom. The van der Waals surface area contributed by atoms with Crippen molar-refractivity contribution in [3.8, 4) is 5.75 Å². The highest BCUT2D eigenvalue weighted by atomic mass is 35.5. The van der Waals surface area contributed by atoms with Crippen LogP contribution in [0, 0.1) is 0 Å². The van der Waals surface area contributed by atoms with Gasteiger partial charge >= 0.3 is 0 Å². The van der Waals surface area contributed by atoms with Crippen molar-refractivity contribution < 1.29 is 9.84 Å². The Labute approximate surface area is 130 Å². The van der Waals surface area contributed by atoms with Crippen LogP contribution in [0.3, 0.4) is 0 Å². The zero-order chi connectivity index (χ0) is 15.0. The van der Waals surface area contributed by atoms with Crippen molar-refractivity contribution in [2.75, 3.05) is 39.8 Å². The van der Waals surface area contributed by atoms with Crippen LogP contribution in [0.25, 0.3) is 0 Å². The normalized spacial score (nSPS) is 12.7. The molecule has 0 saturated heterocycles. The number of benzene rings is 1. The molecule has 0 radical (unpaired) electrons. The Morgan fingerprint density at radius 2 is 2.10 bits per heavy atom. The van der Waals surface area contributed by atoms with E-state index >= 15 is 0 Å². The van der Waals surface area contributed by atoms with Gasteiger partial charge in [0, 0.05) is 25.7 Å². The topological polar surface area (TPSA) is 44.7 Å². The fourth-order valence-electron chi connectivity index (χ4n) is 1.51. The molecule has 0 fully saturated rings. The van der Waals surface area contributed by atoms with Crippen LogP contribution in [0.1, 0.15) is 6.92 Å². The van der Waals surface area contributed by atoms with Crippen molar-refractivity contribution in [1.29, 1.82) is 0 Å². The van der Waals surface area contributed by atoms with Crippen molar-refractivity contribution in [1.82, 2.24) is 10.2 Å². The number of hydrogen-bond acceptors (Lipinski definition) is 4. The SMILES string of the molecule is CCN(C)CCNCC(O)COc1ccc(Cl)c(Cl)c1. The summed E-state index contributed by atoms with van der Waals surface area (Å²) < 4.78 is 5.46. The fraction of sp³-hybridized carbons (Fsp3) is 0.571. The lowest BCUT2D eigenvalue weighted by Crippen LogP contribution is -2.36. The van der Waals surface area contributed by atoms with E-state index in [1.165, 1.54) is 0 Å². The van der Waals surface area contributed by atoms with Gasteiger partial charge in [0.15, 0.2) is 0 Å². The molecule has 0 bridgehead atoms. The highest BCUT2D eigenvalue weighted by molar-refractivity contribution is 6.42. The standard InChI is InChI=1S/C14H22Cl2N2O2/c1-3-18(2)7-6-17-9-11(19)10-20-12-4-5-13(15)14(16)8-12/h4-5,8,11,17,19H,3,6-7,9-10H2,1-2H3. The van der Waals surface area contributed by atoms with E-state index in [2.05, 4.69) is 24.2 Å². The van der Waals surface area contributed by atoms with Gasteiger partial charge in [-0.15, -0.1) is 0 Å². The molecule has 1 aromatic rings. The molecule has 0 aliphatic rings. The summed E-state index contributed by atoms with van der Waals surface area (Å²) in [6, 6.07) is 5.04. The summed E-state index contributed by atoms with van der Waals surface area (Å²) in [5.41, 5.74) is 0. The van der Waals surface area contributed by atoms with Crippen LogP contribution in [0.15, 0.2) is 18.2 Å². The fourth-order valence-corrected chi connectivity index (χ4v) is 1.80. The molecule has 1 aromatic carbocycles. The summed E-state index contributed by atoms with van der Waals surface area (Å²) in [6.45, 7) is 5.64. The van der Waals surface area contributed by atoms with Crippen LogP contribution in [-0.4, -0.2) is 55.9 Å². The third-order valence-corrected chi connectivity index (χ3v) is 3.66. The van der Waals surface area contributed by atoms with Crippen LogP contribution in [0.4, 0.5) is 0 Å². The number of likely N-dealkylation sites (N-methyl/N-ethyl adjacent to an activating group) is 1. The van der Waals surface area contributed by atoms with Crippen molar-refractivity contribution in [2.24, 2.45) is 0 Å². The Kier molecular flexibility index (Phi) is 8.26. The van der Waals surface area contributed by atoms with E-state index in [4.69, 9.17) is 27.9 Å². The molecule has 2 N–H and O–H groups in total. The van der Waals surface area contributed by atoms with E-state index < -0.39 is 6.10 Å². The molecule has 1 rings (SSSR count). The van der Waals surface area contributed by atoms with Gasteiger partial charge in [-0.05, 0) is 25.7 Å². The Hall–Kier alpha value is -0.520. The number of rotatable bonds is 9. The third kappa shape index (κ3) is 6.77. The van der Waals surface area contributed by atoms with E-state index in [-0.39, 0.29) is 6.61 Å². The molecule has 0 spiro atoms. The van der Waals surface area contributed by atoms with Gasteiger partial charge in [0.05, 0.1) is 10.0 Å². The monoisotopic (exact) mass is 320 g/mol. The second-order valence-electron chi connectivity index (χ2n) is 4.64.